The van der Waals surface area contributed by atoms with Crippen LogP contribution in [0, 0.1) is 6.92 Å². The SMILES string of the molecule is CSCC(C)N(C)CC(=O)c1ccc(C)cc1. The zero-order valence-electron chi connectivity index (χ0n) is 11.1. The fourth-order valence-corrected chi connectivity index (χ4v) is 2.32. The third-order valence-corrected chi connectivity index (χ3v) is 3.74. The van der Waals surface area contributed by atoms with Crippen molar-refractivity contribution in [3.05, 3.63) is 35.4 Å². The molecule has 1 aromatic rings. The molecule has 2 nitrogen and oxygen atoms in total. The lowest BCUT2D eigenvalue weighted by atomic mass is 10.1. The Kier molecular flexibility index (Phi) is 5.72. The van der Waals surface area contributed by atoms with E-state index in [0.717, 1.165) is 11.3 Å². The maximum Gasteiger partial charge on any atom is 0.176 e. The van der Waals surface area contributed by atoms with Crippen LogP contribution in [0.15, 0.2) is 24.3 Å². The Balaban J connectivity index is 2.57. The van der Waals surface area contributed by atoms with E-state index in [1.54, 1.807) is 0 Å². The number of thioether (sulfide) groups is 1. The van der Waals surface area contributed by atoms with Gasteiger partial charge in [0.05, 0.1) is 6.54 Å². The van der Waals surface area contributed by atoms with Gasteiger partial charge in [-0.3, -0.25) is 9.69 Å². The Morgan fingerprint density at radius 1 is 1.35 bits per heavy atom. The van der Waals surface area contributed by atoms with E-state index in [9.17, 15) is 4.79 Å². The molecule has 0 saturated heterocycles. The molecule has 3 heteroatoms. The summed E-state index contributed by atoms with van der Waals surface area (Å²) < 4.78 is 0. The average molecular weight is 251 g/mol. The van der Waals surface area contributed by atoms with Gasteiger partial charge in [-0.05, 0) is 27.2 Å². The van der Waals surface area contributed by atoms with Crippen LogP contribution in [0.5, 0.6) is 0 Å². The van der Waals surface area contributed by atoms with Crippen molar-refractivity contribution in [3.8, 4) is 0 Å². The molecule has 1 rings (SSSR count). The van der Waals surface area contributed by atoms with Crippen molar-refractivity contribution in [2.75, 3.05) is 25.6 Å². The number of carbonyl (C=O) groups excluding carboxylic acids is 1. The van der Waals surface area contributed by atoms with E-state index in [2.05, 4.69) is 18.1 Å². The van der Waals surface area contributed by atoms with Crippen LogP contribution in [-0.2, 0) is 0 Å². The number of benzene rings is 1. The monoisotopic (exact) mass is 251 g/mol. The number of hydrogen-bond donors (Lipinski definition) is 0. The number of aryl methyl sites for hydroxylation is 1. The summed E-state index contributed by atoms with van der Waals surface area (Å²) in [5.74, 6) is 1.25. The second-order valence-electron chi connectivity index (χ2n) is 4.51. The van der Waals surface area contributed by atoms with E-state index in [0.29, 0.717) is 12.6 Å². The van der Waals surface area contributed by atoms with E-state index in [1.165, 1.54) is 5.56 Å². The van der Waals surface area contributed by atoms with Gasteiger partial charge in [0, 0.05) is 17.4 Å². The largest absolute Gasteiger partial charge is 0.295 e. The second kappa shape index (κ2) is 6.82. The Labute approximate surface area is 108 Å². The van der Waals surface area contributed by atoms with Crippen molar-refractivity contribution >= 4 is 17.5 Å². The Hall–Kier alpha value is -0.800. The minimum Gasteiger partial charge on any atom is -0.295 e. The van der Waals surface area contributed by atoms with Crippen LogP contribution in [0.1, 0.15) is 22.8 Å². The van der Waals surface area contributed by atoms with Gasteiger partial charge < -0.3 is 0 Å². The van der Waals surface area contributed by atoms with E-state index < -0.39 is 0 Å². The molecule has 1 atom stereocenters. The van der Waals surface area contributed by atoms with Crippen LogP contribution >= 0.6 is 11.8 Å². The van der Waals surface area contributed by atoms with Crippen molar-refractivity contribution in [1.29, 1.82) is 0 Å². The highest BCUT2D eigenvalue weighted by Crippen LogP contribution is 2.08. The third kappa shape index (κ3) is 4.52. The summed E-state index contributed by atoms with van der Waals surface area (Å²) in [6.45, 7) is 4.67. The summed E-state index contributed by atoms with van der Waals surface area (Å²) in [6, 6.07) is 8.21. The maximum absolute atomic E-state index is 12.0. The third-order valence-electron chi connectivity index (χ3n) is 2.93. The van der Waals surface area contributed by atoms with Crippen LogP contribution < -0.4 is 0 Å². The maximum atomic E-state index is 12.0. The summed E-state index contributed by atoms with van der Waals surface area (Å²) in [5, 5.41) is 0. The Bertz CT molecular complexity index is 361. The summed E-state index contributed by atoms with van der Waals surface area (Å²) in [7, 11) is 2.01. The van der Waals surface area contributed by atoms with Crippen LogP contribution in [0.25, 0.3) is 0 Å². The molecule has 0 aliphatic carbocycles. The van der Waals surface area contributed by atoms with Crippen molar-refractivity contribution in [3.63, 3.8) is 0 Å². The van der Waals surface area contributed by atoms with Crippen molar-refractivity contribution in [2.45, 2.75) is 19.9 Å². The lowest BCUT2D eigenvalue weighted by Crippen LogP contribution is -2.35. The van der Waals surface area contributed by atoms with E-state index in [4.69, 9.17) is 0 Å². The highest BCUT2D eigenvalue weighted by atomic mass is 32.2. The zero-order valence-corrected chi connectivity index (χ0v) is 11.9. The molecule has 0 bridgehead atoms. The number of Topliss-reactive ketones (excluding diaryl/α,β-unsaturated/α-hetero) is 1. The molecule has 0 spiro atoms. The van der Waals surface area contributed by atoms with Gasteiger partial charge in [0.2, 0.25) is 0 Å². The summed E-state index contributed by atoms with van der Waals surface area (Å²) >= 11 is 1.81. The topological polar surface area (TPSA) is 20.3 Å². The highest BCUT2D eigenvalue weighted by Gasteiger charge is 2.13. The van der Waals surface area contributed by atoms with Gasteiger partial charge in [-0.2, -0.15) is 11.8 Å². The molecule has 0 radical (unpaired) electrons. The van der Waals surface area contributed by atoms with Gasteiger partial charge in [-0.1, -0.05) is 29.8 Å². The molecule has 0 aliphatic heterocycles. The molecule has 0 aromatic heterocycles. The number of ketones is 1. The van der Waals surface area contributed by atoms with Gasteiger partial charge in [-0.25, -0.2) is 0 Å². The predicted molar refractivity (Wildman–Crippen MR) is 76.0 cm³/mol. The van der Waals surface area contributed by atoms with Crippen molar-refractivity contribution in [1.82, 2.24) is 4.90 Å². The molecule has 94 valence electrons. The molecule has 0 heterocycles. The van der Waals surface area contributed by atoms with E-state index >= 15 is 0 Å². The molecule has 17 heavy (non-hydrogen) atoms. The molecule has 0 aliphatic rings. The smallest absolute Gasteiger partial charge is 0.176 e. The first-order valence-corrected chi connectivity index (χ1v) is 7.23. The summed E-state index contributed by atoms with van der Waals surface area (Å²) in [5.41, 5.74) is 1.99. The van der Waals surface area contributed by atoms with Gasteiger partial charge in [0.15, 0.2) is 5.78 Å². The first-order valence-electron chi connectivity index (χ1n) is 5.83. The Morgan fingerprint density at radius 2 is 1.94 bits per heavy atom. The normalized spacial score (nSPS) is 12.8. The van der Waals surface area contributed by atoms with Crippen LogP contribution in [0.4, 0.5) is 0 Å². The van der Waals surface area contributed by atoms with Gasteiger partial charge >= 0.3 is 0 Å². The predicted octanol–water partition coefficient (Wildman–Crippen LogP) is 2.86. The van der Waals surface area contributed by atoms with Crippen molar-refractivity contribution in [2.24, 2.45) is 0 Å². The fraction of sp³-hybridized carbons (Fsp3) is 0.500. The number of nitrogens with zero attached hydrogens (tertiary/aromatic N) is 1. The fourth-order valence-electron chi connectivity index (χ4n) is 1.58. The van der Waals surface area contributed by atoms with Crippen LogP contribution in [-0.4, -0.2) is 42.3 Å². The van der Waals surface area contributed by atoms with E-state index in [-0.39, 0.29) is 5.78 Å². The molecule has 1 unspecified atom stereocenters. The Morgan fingerprint density at radius 3 is 2.47 bits per heavy atom. The lowest BCUT2D eigenvalue weighted by molar-refractivity contribution is 0.0931. The number of likely N-dealkylation sites (N-methyl/N-ethyl adjacent to an activating group) is 1. The standard InChI is InChI=1S/C14H21NOS/c1-11-5-7-13(8-6-11)14(16)9-15(3)12(2)10-17-4/h5-8,12H,9-10H2,1-4H3. The molecule has 0 amide bonds. The molecule has 0 saturated carbocycles. The van der Waals surface area contributed by atoms with Crippen LogP contribution in [0.2, 0.25) is 0 Å². The van der Waals surface area contributed by atoms with Gasteiger partial charge in [0.25, 0.3) is 0 Å². The first-order chi connectivity index (χ1) is 8.04. The zero-order chi connectivity index (χ0) is 12.8. The minimum atomic E-state index is 0.195. The molecular weight excluding hydrogens is 230 g/mol. The quantitative estimate of drug-likeness (QED) is 0.725. The van der Waals surface area contributed by atoms with Crippen LogP contribution in [0.3, 0.4) is 0 Å². The average Bonchev–Trinajstić information content (AvgIpc) is 2.30. The van der Waals surface area contributed by atoms with Gasteiger partial charge in [-0.15, -0.1) is 0 Å². The highest BCUT2D eigenvalue weighted by molar-refractivity contribution is 7.98. The number of carbonyl (C=O) groups is 1. The first kappa shape index (κ1) is 14.3. The summed E-state index contributed by atoms with van der Waals surface area (Å²) in [4.78, 5) is 14.1. The molecule has 0 fully saturated rings. The molecule has 1 aromatic carbocycles. The minimum absolute atomic E-state index is 0.195. The summed E-state index contributed by atoms with van der Waals surface area (Å²) in [6.07, 6.45) is 2.09. The number of rotatable bonds is 6. The van der Waals surface area contributed by atoms with Gasteiger partial charge in [0.1, 0.15) is 0 Å². The number of hydrogen-bond acceptors (Lipinski definition) is 3. The molecule has 0 N–H and O–H groups in total. The van der Waals surface area contributed by atoms with Crippen molar-refractivity contribution < 1.29 is 4.79 Å². The molecular formula is C14H21NOS. The lowest BCUT2D eigenvalue weighted by Gasteiger charge is -2.23. The van der Waals surface area contributed by atoms with E-state index in [1.807, 2.05) is 50.0 Å². The second-order valence-corrected chi connectivity index (χ2v) is 5.42.